The minimum Gasteiger partial charge on any atom is -0.493 e. The lowest BCUT2D eigenvalue weighted by molar-refractivity contribution is -0.136. The number of hydrogen-bond acceptors (Lipinski definition) is 11. The fourth-order valence-corrected chi connectivity index (χ4v) is 7.04. The molecule has 0 saturated heterocycles. The number of thiazole rings is 1. The number of rotatable bonds is 11. The summed E-state index contributed by atoms with van der Waals surface area (Å²) in [6, 6.07) is 14.0. The summed E-state index contributed by atoms with van der Waals surface area (Å²) in [5.74, 6) is 2.98. The van der Waals surface area contributed by atoms with Crippen LogP contribution in [0.5, 0.6) is 34.5 Å². The standard InChI is InChI=1S/C34H31IN2O9S/c1-5-42-24-10-8-21(15-27(24)43-6-2)30-22(33(39)41-4)16-36-34-37(30)32(38)29(47-34)14-20-11-23(35)31(28(13-20)40-3)44-17-19-7-9-25-26(12-19)46-18-45-25/h7-16,30H,5-6,17-18H2,1-4H3/b29-14-/t30-/m1/s1. The molecule has 0 fully saturated rings. The molecule has 0 N–H and O–H groups in total. The van der Waals surface area contributed by atoms with Crippen molar-refractivity contribution in [2.24, 2.45) is 4.99 Å². The summed E-state index contributed by atoms with van der Waals surface area (Å²) in [4.78, 5) is 31.9. The molecule has 0 amide bonds. The zero-order valence-electron chi connectivity index (χ0n) is 26.0. The lowest BCUT2D eigenvalue weighted by atomic mass is 9.97. The van der Waals surface area contributed by atoms with Crippen LogP contribution in [0.2, 0.25) is 0 Å². The molecule has 0 spiro atoms. The number of carbonyl (C=O) groups is 1. The van der Waals surface area contributed by atoms with Gasteiger partial charge in [0, 0.05) is 6.20 Å². The Morgan fingerprint density at radius 2 is 1.79 bits per heavy atom. The van der Waals surface area contributed by atoms with Crippen LogP contribution in [0, 0.1) is 3.57 Å². The van der Waals surface area contributed by atoms with E-state index in [0.717, 1.165) is 14.7 Å². The second kappa shape index (κ2) is 14.1. The van der Waals surface area contributed by atoms with E-state index < -0.39 is 12.0 Å². The van der Waals surface area contributed by atoms with Crippen molar-refractivity contribution < 1.29 is 38.0 Å². The molecule has 47 heavy (non-hydrogen) atoms. The van der Waals surface area contributed by atoms with Crippen molar-refractivity contribution in [3.05, 3.63) is 100 Å². The number of hydrogen-bond donors (Lipinski definition) is 0. The average molecular weight is 771 g/mol. The molecule has 0 saturated carbocycles. The Labute approximate surface area is 287 Å². The summed E-state index contributed by atoms with van der Waals surface area (Å²) >= 11 is 3.41. The number of nitrogens with zero attached hydrogens (tertiary/aromatic N) is 2. The molecule has 4 aromatic rings. The number of fused-ring (bicyclic) bond motifs is 2. The molecule has 0 bridgehead atoms. The van der Waals surface area contributed by atoms with Crippen LogP contribution in [-0.2, 0) is 16.1 Å². The molecule has 6 rings (SSSR count). The quantitative estimate of drug-likeness (QED) is 0.158. The number of benzene rings is 3. The van der Waals surface area contributed by atoms with E-state index in [9.17, 15) is 9.59 Å². The SMILES string of the molecule is CCOc1ccc([C@@H]2C(C(=O)OC)=CN=c3s/c(=C\c4cc(I)c(OCc5ccc6c(c5)OCO6)c(OC)c4)c(=O)n32)cc1OCC. The van der Waals surface area contributed by atoms with E-state index in [0.29, 0.717) is 69.2 Å². The van der Waals surface area contributed by atoms with Crippen LogP contribution >= 0.6 is 33.9 Å². The minimum atomic E-state index is -0.794. The molecule has 0 radical (unpaired) electrons. The maximum Gasteiger partial charge on any atom is 0.337 e. The summed E-state index contributed by atoms with van der Waals surface area (Å²) in [5.41, 5.74) is 2.21. The third kappa shape index (κ3) is 6.54. The molecule has 2 aliphatic rings. The molecular weight excluding hydrogens is 739 g/mol. The molecule has 13 heteroatoms. The van der Waals surface area contributed by atoms with Gasteiger partial charge >= 0.3 is 5.97 Å². The van der Waals surface area contributed by atoms with Gasteiger partial charge in [-0.3, -0.25) is 9.36 Å². The zero-order chi connectivity index (χ0) is 33.1. The van der Waals surface area contributed by atoms with Crippen LogP contribution in [0.15, 0.2) is 70.1 Å². The Bertz CT molecular complexity index is 2050. The Morgan fingerprint density at radius 3 is 2.55 bits per heavy atom. The molecule has 244 valence electrons. The topological polar surface area (TPSA) is 116 Å². The summed E-state index contributed by atoms with van der Waals surface area (Å²) < 4.78 is 42.1. The summed E-state index contributed by atoms with van der Waals surface area (Å²) in [5, 5.41) is 0. The number of halogens is 1. The van der Waals surface area contributed by atoms with Gasteiger partial charge in [-0.1, -0.05) is 23.5 Å². The molecular formula is C34H31IN2O9S. The van der Waals surface area contributed by atoms with Crippen molar-refractivity contribution in [2.45, 2.75) is 26.5 Å². The molecule has 3 aromatic carbocycles. The van der Waals surface area contributed by atoms with Crippen LogP contribution < -0.4 is 43.3 Å². The van der Waals surface area contributed by atoms with Gasteiger partial charge in [0.05, 0.1) is 47.2 Å². The van der Waals surface area contributed by atoms with Gasteiger partial charge in [0.15, 0.2) is 39.3 Å². The first kappa shape index (κ1) is 32.4. The maximum atomic E-state index is 14.1. The van der Waals surface area contributed by atoms with Crippen molar-refractivity contribution in [3.8, 4) is 34.5 Å². The van der Waals surface area contributed by atoms with Gasteiger partial charge in [0.2, 0.25) is 6.79 Å². The normalized spacial score (nSPS) is 15.0. The van der Waals surface area contributed by atoms with E-state index in [1.807, 2.05) is 50.2 Å². The van der Waals surface area contributed by atoms with Crippen molar-refractivity contribution in [2.75, 3.05) is 34.2 Å². The van der Waals surface area contributed by atoms with Crippen LogP contribution in [0.1, 0.15) is 36.6 Å². The predicted molar refractivity (Wildman–Crippen MR) is 183 cm³/mol. The first-order valence-corrected chi connectivity index (χ1v) is 16.6. The largest absolute Gasteiger partial charge is 0.493 e. The zero-order valence-corrected chi connectivity index (χ0v) is 29.0. The maximum absolute atomic E-state index is 14.1. The Balaban J connectivity index is 1.36. The van der Waals surface area contributed by atoms with Crippen LogP contribution in [0.4, 0.5) is 0 Å². The van der Waals surface area contributed by atoms with Gasteiger partial charge in [-0.25, -0.2) is 9.79 Å². The summed E-state index contributed by atoms with van der Waals surface area (Å²) in [6.07, 6.45) is 3.24. The first-order valence-electron chi connectivity index (χ1n) is 14.7. The second-order valence-electron chi connectivity index (χ2n) is 10.3. The number of esters is 1. The van der Waals surface area contributed by atoms with E-state index in [2.05, 4.69) is 27.6 Å². The highest BCUT2D eigenvalue weighted by Gasteiger charge is 2.31. The summed E-state index contributed by atoms with van der Waals surface area (Å²) in [7, 11) is 2.87. The number of methoxy groups -OCH3 is 2. The molecule has 1 atom stereocenters. The van der Waals surface area contributed by atoms with E-state index in [-0.39, 0.29) is 17.9 Å². The molecule has 0 aliphatic carbocycles. The van der Waals surface area contributed by atoms with E-state index in [1.54, 1.807) is 25.3 Å². The first-order chi connectivity index (χ1) is 22.8. The van der Waals surface area contributed by atoms with Crippen molar-refractivity contribution >= 4 is 46.0 Å². The highest BCUT2D eigenvalue weighted by Crippen LogP contribution is 2.37. The monoisotopic (exact) mass is 770 g/mol. The van der Waals surface area contributed by atoms with Crippen LogP contribution in [0.25, 0.3) is 6.08 Å². The van der Waals surface area contributed by atoms with Gasteiger partial charge in [-0.05, 0) is 95.6 Å². The van der Waals surface area contributed by atoms with E-state index in [1.165, 1.54) is 29.2 Å². The van der Waals surface area contributed by atoms with Crippen LogP contribution in [-0.4, -0.2) is 44.8 Å². The third-order valence-corrected chi connectivity index (χ3v) is 9.18. The number of aromatic nitrogens is 1. The van der Waals surface area contributed by atoms with E-state index in [4.69, 9.17) is 33.2 Å². The lowest BCUT2D eigenvalue weighted by Crippen LogP contribution is -2.39. The Morgan fingerprint density at radius 1 is 1.00 bits per heavy atom. The smallest absolute Gasteiger partial charge is 0.337 e. The Hall–Kier alpha value is -4.50. The molecule has 3 heterocycles. The van der Waals surface area contributed by atoms with Crippen molar-refractivity contribution in [3.63, 3.8) is 0 Å². The molecule has 1 aromatic heterocycles. The fourth-order valence-electron chi connectivity index (χ4n) is 5.29. The van der Waals surface area contributed by atoms with Crippen LogP contribution in [0.3, 0.4) is 0 Å². The van der Waals surface area contributed by atoms with E-state index >= 15 is 0 Å². The fraction of sp³-hybridized carbons (Fsp3) is 0.265. The number of carbonyl (C=O) groups excluding carboxylic acids is 1. The second-order valence-corrected chi connectivity index (χ2v) is 12.4. The van der Waals surface area contributed by atoms with Gasteiger partial charge in [-0.15, -0.1) is 0 Å². The van der Waals surface area contributed by atoms with Gasteiger partial charge in [-0.2, -0.15) is 0 Å². The molecule has 0 unspecified atom stereocenters. The highest BCUT2D eigenvalue weighted by atomic mass is 127. The molecule has 11 nitrogen and oxygen atoms in total. The summed E-state index contributed by atoms with van der Waals surface area (Å²) in [6.45, 7) is 5.13. The number of ether oxygens (including phenoxy) is 7. The van der Waals surface area contributed by atoms with Crippen molar-refractivity contribution in [1.82, 2.24) is 4.57 Å². The third-order valence-electron chi connectivity index (χ3n) is 7.38. The van der Waals surface area contributed by atoms with Crippen molar-refractivity contribution in [1.29, 1.82) is 0 Å². The minimum absolute atomic E-state index is 0.203. The van der Waals surface area contributed by atoms with Gasteiger partial charge < -0.3 is 33.2 Å². The highest BCUT2D eigenvalue weighted by molar-refractivity contribution is 14.1. The van der Waals surface area contributed by atoms with Gasteiger partial charge in [0.1, 0.15) is 6.61 Å². The Kier molecular flexibility index (Phi) is 9.73. The predicted octanol–water partition coefficient (Wildman–Crippen LogP) is 4.74. The van der Waals surface area contributed by atoms with Gasteiger partial charge in [0.25, 0.3) is 5.56 Å². The lowest BCUT2D eigenvalue weighted by Gasteiger charge is -2.23. The molecule has 2 aliphatic heterocycles. The average Bonchev–Trinajstić information content (AvgIpc) is 3.67.